The second kappa shape index (κ2) is 3.51. The predicted molar refractivity (Wildman–Crippen MR) is 59.2 cm³/mol. The number of fused-ring (bicyclic) bond motifs is 1. The van der Waals surface area contributed by atoms with E-state index in [1.54, 1.807) is 0 Å². The Bertz CT molecular complexity index is 453. The summed E-state index contributed by atoms with van der Waals surface area (Å²) in [6.45, 7) is 0.0134. The number of halogens is 1. The van der Waals surface area contributed by atoms with Crippen molar-refractivity contribution in [3.63, 3.8) is 0 Å². The van der Waals surface area contributed by atoms with E-state index in [1.165, 1.54) is 17.6 Å². The number of aliphatic imine (C=N–C) groups is 1. The molecule has 2 aliphatic rings. The van der Waals surface area contributed by atoms with E-state index in [0.29, 0.717) is 11.5 Å². The molecular formula is C10H14FN5O. The maximum absolute atomic E-state index is 14.5. The first-order valence-corrected chi connectivity index (χ1v) is 5.55. The van der Waals surface area contributed by atoms with Crippen LogP contribution in [0, 0.1) is 5.92 Å². The first kappa shape index (κ1) is 10.7. The SMILES string of the molecule is NC1c2nc[nH]c2N=CN1C1(F)CC(CO)C1. The summed E-state index contributed by atoms with van der Waals surface area (Å²) >= 11 is 0. The van der Waals surface area contributed by atoms with Gasteiger partial charge in [-0.15, -0.1) is 0 Å². The molecule has 1 saturated carbocycles. The highest BCUT2D eigenvalue weighted by atomic mass is 19.1. The lowest BCUT2D eigenvalue weighted by Crippen LogP contribution is -2.57. The largest absolute Gasteiger partial charge is 0.396 e. The van der Waals surface area contributed by atoms with E-state index in [9.17, 15) is 4.39 Å². The van der Waals surface area contributed by atoms with Gasteiger partial charge >= 0.3 is 0 Å². The van der Waals surface area contributed by atoms with Crippen LogP contribution >= 0.6 is 0 Å². The van der Waals surface area contributed by atoms with Crippen molar-refractivity contribution in [2.75, 3.05) is 6.61 Å². The molecule has 6 nitrogen and oxygen atoms in total. The summed E-state index contributed by atoms with van der Waals surface area (Å²) in [7, 11) is 0. The molecule has 17 heavy (non-hydrogen) atoms. The molecule has 0 aromatic carbocycles. The van der Waals surface area contributed by atoms with Crippen LogP contribution in [0.2, 0.25) is 0 Å². The lowest BCUT2D eigenvalue weighted by molar-refractivity contribution is -0.119. The topological polar surface area (TPSA) is 90.5 Å². The molecule has 4 N–H and O–H groups in total. The molecule has 1 aromatic heterocycles. The highest BCUT2D eigenvalue weighted by Gasteiger charge is 2.51. The maximum Gasteiger partial charge on any atom is 0.185 e. The fourth-order valence-corrected chi connectivity index (χ4v) is 2.46. The summed E-state index contributed by atoms with van der Waals surface area (Å²) in [6.07, 6.45) is 2.84. The van der Waals surface area contributed by atoms with E-state index < -0.39 is 12.0 Å². The normalized spacial score (nSPS) is 35.6. The van der Waals surface area contributed by atoms with Crippen molar-refractivity contribution < 1.29 is 9.50 Å². The Morgan fingerprint density at radius 3 is 3.12 bits per heavy atom. The number of nitrogens with two attached hydrogens (primary N) is 1. The van der Waals surface area contributed by atoms with E-state index in [0.717, 1.165) is 0 Å². The van der Waals surface area contributed by atoms with E-state index in [4.69, 9.17) is 10.8 Å². The van der Waals surface area contributed by atoms with Crippen LogP contribution in [0.15, 0.2) is 11.3 Å². The van der Waals surface area contributed by atoms with Gasteiger partial charge in [0.15, 0.2) is 11.6 Å². The quantitative estimate of drug-likeness (QED) is 0.652. The Morgan fingerprint density at radius 1 is 1.65 bits per heavy atom. The Hall–Kier alpha value is -1.47. The lowest BCUT2D eigenvalue weighted by Gasteiger charge is -2.49. The summed E-state index contributed by atoms with van der Waals surface area (Å²) in [4.78, 5) is 12.4. The smallest absolute Gasteiger partial charge is 0.185 e. The molecule has 1 aliphatic heterocycles. The molecule has 7 heteroatoms. The highest BCUT2D eigenvalue weighted by Crippen LogP contribution is 2.46. The van der Waals surface area contributed by atoms with Crippen LogP contribution in [0.4, 0.5) is 10.2 Å². The number of imidazole rings is 1. The number of aliphatic hydroxyl groups is 1. The van der Waals surface area contributed by atoms with Gasteiger partial charge in [-0.3, -0.25) is 0 Å². The van der Waals surface area contributed by atoms with Crippen LogP contribution in [-0.4, -0.2) is 38.7 Å². The minimum atomic E-state index is -1.51. The highest BCUT2D eigenvalue weighted by molar-refractivity contribution is 5.66. The molecule has 1 fully saturated rings. The fraction of sp³-hybridized carbons (Fsp3) is 0.600. The van der Waals surface area contributed by atoms with Gasteiger partial charge in [-0.1, -0.05) is 0 Å². The van der Waals surface area contributed by atoms with E-state index in [-0.39, 0.29) is 25.4 Å². The number of H-pyrrole nitrogens is 1. The van der Waals surface area contributed by atoms with Gasteiger partial charge in [-0.05, 0) is 5.92 Å². The Kier molecular flexibility index (Phi) is 2.20. The predicted octanol–water partition coefficient (Wildman–Crippen LogP) is 0.410. The molecule has 1 atom stereocenters. The average Bonchev–Trinajstić information content (AvgIpc) is 2.74. The molecule has 1 aliphatic carbocycles. The zero-order valence-electron chi connectivity index (χ0n) is 9.17. The van der Waals surface area contributed by atoms with Crippen LogP contribution in [0.1, 0.15) is 24.7 Å². The number of aromatic nitrogens is 2. The number of alkyl halides is 1. The van der Waals surface area contributed by atoms with E-state index in [2.05, 4.69) is 15.0 Å². The summed E-state index contributed by atoms with van der Waals surface area (Å²) in [5.41, 5.74) is 6.52. The number of hydrogen-bond acceptors (Lipinski definition) is 5. The van der Waals surface area contributed by atoms with Crippen molar-refractivity contribution in [1.82, 2.24) is 14.9 Å². The molecule has 0 radical (unpaired) electrons. The van der Waals surface area contributed by atoms with Crippen LogP contribution < -0.4 is 5.73 Å². The van der Waals surface area contributed by atoms with E-state index >= 15 is 0 Å². The van der Waals surface area contributed by atoms with Gasteiger partial charge < -0.3 is 20.7 Å². The van der Waals surface area contributed by atoms with Crippen molar-refractivity contribution in [3.8, 4) is 0 Å². The molecule has 0 saturated heterocycles. The molecule has 0 bridgehead atoms. The summed E-state index contributed by atoms with van der Waals surface area (Å²) in [5, 5.41) is 8.94. The van der Waals surface area contributed by atoms with Gasteiger partial charge in [0.2, 0.25) is 0 Å². The maximum atomic E-state index is 14.5. The number of aliphatic hydroxyl groups excluding tert-OH is 1. The zero-order valence-corrected chi connectivity index (χ0v) is 9.17. The Balaban J connectivity index is 1.83. The summed E-state index contributed by atoms with van der Waals surface area (Å²) in [6, 6.07) is 0. The molecule has 1 unspecified atom stereocenters. The van der Waals surface area contributed by atoms with Gasteiger partial charge in [0.1, 0.15) is 11.9 Å². The van der Waals surface area contributed by atoms with Crippen LogP contribution in [0.5, 0.6) is 0 Å². The molecule has 1 aromatic rings. The van der Waals surface area contributed by atoms with Gasteiger partial charge in [0.05, 0.1) is 12.7 Å². The summed E-state index contributed by atoms with van der Waals surface area (Å²) in [5.74, 6) is -0.913. The second-order valence-corrected chi connectivity index (χ2v) is 4.61. The van der Waals surface area contributed by atoms with Crippen LogP contribution in [0.25, 0.3) is 0 Å². The molecule has 92 valence electrons. The standard InChI is InChI=1S/C10H14FN5O/c11-10(1-6(2-10)3-17)16-5-15-9-7(8(16)12)13-4-14-9/h4-6,8,17H,1-3,12H2,(H,13,14). The van der Waals surface area contributed by atoms with Crippen LogP contribution in [-0.2, 0) is 0 Å². The number of aromatic amines is 1. The van der Waals surface area contributed by atoms with E-state index in [1.807, 2.05) is 0 Å². The minimum Gasteiger partial charge on any atom is -0.396 e. The third-order valence-corrected chi connectivity index (χ3v) is 3.46. The number of nitrogens with one attached hydrogen (secondary N) is 1. The molecule has 0 spiro atoms. The summed E-state index contributed by atoms with van der Waals surface area (Å²) < 4.78 is 14.5. The lowest BCUT2D eigenvalue weighted by atomic mass is 9.77. The molecule has 0 amide bonds. The van der Waals surface area contributed by atoms with Crippen molar-refractivity contribution in [1.29, 1.82) is 0 Å². The van der Waals surface area contributed by atoms with Crippen molar-refractivity contribution in [2.45, 2.75) is 24.8 Å². The Morgan fingerprint density at radius 2 is 2.41 bits per heavy atom. The minimum absolute atomic E-state index is 0.0134. The third-order valence-electron chi connectivity index (χ3n) is 3.46. The van der Waals surface area contributed by atoms with Gasteiger partial charge in [0.25, 0.3) is 0 Å². The fourth-order valence-electron chi connectivity index (χ4n) is 2.46. The first-order chi connectivity index (χ1) is 8.14. The average molecular weight is 239 g/mol. The Labute approximate surface area is 97.4 Å². The van der Waals surface area contributed by atoms with Gasteiger partial charge in [0, 0.05) is 19.4 Å². The monoisotopic (exact) mass is 239 g/mol. The van der Waals surface area contributed by atoms with Crippen LogP contribution in [0.3, 0.4) is 0 Å². The van der Waals surface area contributed by atoms with Crippen molar-refractivity contribution >= 4 is 12.2 Å². The molecule has 3 rings (SSSR count). The number of nitrogens with zero attached hydrogens (tertiary/aromatic N) is 3. The second-order valence-electron chi connectivity index (χ2n) is 4.61. The zero-order chi connectivity index (χ0) is 12.0. The van der Waals surface area contributed by atoms with Crippen molar-refractivity contribution in [3.05, 3.63) is 12.0 Å². The number of rotatable bonds is 2. The first-order valence-electron chi connectivity index (χ1n) is 5.55. The third kappa shape index (κ3) is 1.46. The van der Waals surface area contributed by atoms with Crippen molar-refractivity contribution in [2.24, 2.45) is 16.6 Å². The number of hydrogen-bond donors (Lipinski definition) is 3. The molecular weight excluding hydrogens is 225 g/mol. The van der Waals surface area contributed by atoms with Gasteiger partial charge in [-0.2, -0.15) is 0 Å². The molecule has 2 heterocycles. The van der Waals surface area contributed by atoms with Gasteiger partial charge in [-0.25, -0.2) is 14.4 Å².